The fraction of sp³-hybridized carbons (Fsp3) is 0.235. The lowest BCUT2D eigenvalue weighted by Gasteiger charge is -2.13. The van der Waals surface area contributed by atoms with E-state index < -0.39 is 10.0 Å². The second kappa shape index (κ2) is 7.89. The third-order valence-corrected chi connectivity index (χ3v) is 4.59. The maximum Gasteiger partial charge on any atom is 0.261 e. The summed E-state index contributed by atoms with van der Waals surface area (Å²) in [6.07, 6.45) is 0. The van der Waals surface area contributed by atoms with Crippen LogP contribution in [0.15, 0.2) is 47.4 Å². The Kier molecular flexibility index (Phi) is 5.87. The number of nitrogens with one attached hydrogen (secondary N) is 2. The lowest BCUT2D eigenvalue weighted by atomic mass is 10.3. The molecule has 7 nitrogen and oxygen atoms in total. The van der Waals surface area contributed by atoms with Crippen LogP contribution in [0.4, 0.5) is 11.4 Å². The molecule has 0 aromatic heterocycles. The minimum Gasteiger partial charge on any atom is -0.497 e. The first-order valence-corrected chi connectivity index (χ1v) is 9.05. The van der Waals surface area contributed by atoms with Gasteiger partial charge in [0.1, 0.15) is 11.5 Å². The summed E-state index contributed by atoms with van der Waals surface area (Å²) in [6, 6.07) is 10.8. The van der Waals surface area contributed by atoms with Crippen molar-refractivity contribution in [1.82, 2.24) is 0 Å². The van der Waals surface area contributed by atoms with Gasteiger partial charge in [0.05, 0.1) is 24.3 Å². The molecule has 0 saturated carbocycles. The van der Waals surface area contributed by atoms with Crippen molar-refractivity contribution >= 4 is 27.3 Å². The Morgan fingerprint density at radius 1 is 1.12 bits per heavy atom. The second-order valence-electron chi connectivity index (χ2n) is 5.11. The SMILES string of the molecule is CCOc1ccc(S(=O)(=O)Nc2ccc(OC)cc2)cc1NC(C)=O. The van der Waals surface area contributed by atoms with Gasteiger partial charge in [0.2, 0.25) is 5.91 Å². The largest absolute Gasteiger partial charge is 0.497 e. The van der Waals surface area contributed by atoms with Crippen LogP contribution in [0.1, 0.15) is 13.8 Å². The highest BCUT2D eigenvalue weighted by Crippen LogP contribution is 2.29. The molecule has 0 radical (unpaired) electrons. The van der Waals surface area contributed by atoms with Gasteiger partial charge in [-0.3, -0.25) is 9.52 Å². The molecule has 2 aromatic rings. The standard InChI is InChI=1S/C17H20N2O5S/c1-4-24-17-10-9-15(11-16(17)18-12(2)20)25(21,22)19-13-5-7-14(23-3)8-6-13/h5-11,19H,4H2,1-3H3,(H,18,20). The first-order valence-electron chi connectivity index (χ1n) is 7.57. The predicted molar refractivity (Wildman–Crippen MR) is 95.7 cm³/mol. The van der Waals surface area contributed by atoms with Crippen LogP contribution in [-0.2, 0) is 14.8 Å². The number of anilines is 2. The van der Waals surface area contributed by atoms with E-state index in [0.717, 1.165) is 0 Å². The van der Waals surface area contributed by atoms with Gasteiger partial charge >= 0.3 is 0 Å². The number of hydrogen-bond acceptors (Lipinski definition) is 5. The van der Waals surface area contributed by atoms with Gasteiger partial charge in [0.15, 0.2) is 0 Å². The summed E-state index contributed by atoms with van der Waals surface area (Å²) in [5, 5.41) is 2.58. The van der Waals surface area contributed by atoms with Crippen molar-refractivity contribution in [3.05, 3.63) is 42.5 Å². The van der Waals surface area contributed by atoms with Crippen LogP contribution in [0.25, 0.3) is 0 Å². The van der Waals surface area contributed by atoms with Crippen molar-refractivity contribution in [3.63, 3.8) is 0 Å². The summed E-state index contributed by atoms with van der Waals surface area (Å²) in [7, 11) is -2.29. The van der Waals surface area contributed by atoms with Crippen molar-refractivity contribution < 1.29 is 22.7 Å². The fourth-order valence-corrected chi connectivity index (χ4v) is 3.20. The maximum absolute atomic E-state index is 12.6. The molecule has 25 heavy (non-hydrogen) atoms. The number of carbonyl (C=O) groups excluding carboxylic acids is 1. The summed E-state index contributed by atoms with van der Waals surface area (Å²) in [6.45, 7) is 3.53. The third-order valence-electron chi connectivity index (χ3n) is 3.21. The molecular weight excluding hydrogens is 344 g/mol. The normalized spacial score (nSPS) is 10.8. The Bertz CT molecular complexity index is 848. The molecule has 0 unspecified atom stereocenters. The Hall–Kier alpha value is -2.74. The van der Waals surface area contributed by atoms with Gasteiger partial charge in [-0.15, -0.1) is 0 Å². The van der Waals surface area contributed by atoms with Crippen LogP contribution in [0.2, 0.25) is 0 Å². The number of benzene rings is 2. The minimum absolute atomic E-state index is 0.00974. The zero-order chi connectivity index (χ0) is 18.4. The molecule has 0 aliphatic carbocycles. The molecule has 134 valence electrons. The van der Waals surface area contributed by atoms with E-state index in [1.807, 2.05) is 0 Å². The van der Waals surface area contributed by atoms with Crippen LogP contribution in [0.3, 0.4) is 0 Å². The quantitative estimate of drug-likeness (QED) is 0.788. The molecule has 0 aliphatic rings. The summed E-state index contributed by atoms with van der Waals surface area (Å²) in [4.78, 5) is 11.3. The van der Waals surface area contributed by atoms with Gasteiger partial charge in [-0.05, 0) is 49.4 Å². The van der Waals surface area contributed by atoms with Gasteiger partial charge < -0.3 is 14.8 Å². The van der Waals surface area contributed by atoms with E-state index >= 15 is 0 Å². The van der Waals surface area contributed by atoms with E-state index in [4.69, 9.17) is 9.47 Å². The van der Waals surface area contributed by atoms with Crippen molar-refractivity contribution in [1.29, 1.82) is 0 Å². The molecule has 0 spiro atoms. The van der Waals surface area contributed by atoms with Crippen molar-refractivity contribution in [2.24, 2.45) is 0 Å². The van der Waals surface area contributed by atoms with Crippen molar-refractivity contribution in [2.45, 2.75) is 18.7 Å². The van der Waals surface area contributed by atoms with Crippen LogP contribution >= 0.6 is 0 Å². The van der Waals surface area contributed by atoms with E-state index in [2.05, 4.69) is 10.0 Å². The Morgan fingerprint density at radius 2 is 1.80 bits per heavy atom. The van der Waals surface area contributed by atoms with Crippen LogP contribution < -0.4 is 19.5 Å². The molecular formula is C17H20N2O5S. The molecule has 0 heterocycles. The van der Waals surface area contributed by atoms with Gasteiger partial charge in [0, 0.05) is 12.6 Å². The fourth-order valence-electron chi connectivity index (χ4n) is 2.12. The van der Waals surface area contributed by atoms with E-state index in [1.54, 1.807) is 31.2 Å². The van der Waals surface area contributed by atoms with E-state index in [9.17, 15) is 13.2 Å². The van der Waals surface area contributed by atoms with Gasteiger partial charge in [-0.1, -0.05) is 0 Å². The average Bonchev–Trinajstić information content (AvgIpc) is 2.56. The van der Waals surface area contributed by atoms with Crippen LogP contribution in [-0.4, -0.2) is 28.0 Å². The zero-order valence-corrected chi connectivity index (χ0v) is 15.0. The van der Waals surface area contributed by atoms with Gasteiger partial charge in [-0.25, -0.2) is 8.42 Å². The first kappa shape index (κ1) is 18.6. The molecule has 2 N–H and O–H groups in total. The Balaban J connectivity index is 2.32. The topological polar surface area (TPSA) is 93.7 Å². The molecule has 2 aromatic carbocycles. The van der Waals surface area contributed by atoms with E-state index in [1.165, 1.54) is 32.2 Å². The number of hydrogen-bond donors (Lipinski definition) is 2. The van der Waals surface area contributed by atoms with Crippen LogP contribution in [0, 0.1) is 0 Å². The molecule has 0 atom stereocenters. The molecule has 2 rings (SSSR count). The lowest BCUT2D eigenvalue weighted by Crippen LogP contribution is -2.14. The number of ether oxygens (including phenoxy) is 2. The van der Waals surface area contributed by atoms with Crippen molar-refractivity contribution in [3.8, 4) is 11.5 Å². The summed E-state index contributed by atoms with van der Waals surface area (Å²) in [5.41, 5.74) is 0.697. The molecule has 0 fully saturated rings. The predicted octanol–water partition coefficient (Wildman–Crippen LogP) is 2.85. The minimum atomic E-state index is -3.82. The van der Waals surface area contributed by atoms with Crippen molar-refractivity contribution in [2.75, 3.05) is 23.8 Å². The Labute approximate surface area is 147 Å². The molecule has 0 bridgehead atoms. The van der Waals surface area contributed by atoms with Gasteiger partial charge in [-0.2, -0.15) is 0 Å². The number of sulfonamides is 1. The smallest absolute Gasteiger partial charge is 0.261 e. The summed E-state index contributed by atoms with van der Waals surface area (Å²) < 4.78 is 38.1. The molecule has 1 amide bonds. The number of rotatable bonds is 7. The average molecular weight is 364 g/mol. The van der Waals surface area contributed by atoms with E-state index in [0.29, 0.717) is 29.5 Å². The highest BCUT2D eigenvalue weighted by Gasteiger charge is 2.17. The molecule has 8 heteroatoms. The summed E-state index contributed by atoms with van der Waals surface area (Å²) in [5.74, 6) is 0.705. The number of amides is 1. The Morgan fingerprint density at radius 3 is 2.36 bits per heavy atom. The monoisotopic (exact) mass is 364 g/mol. The lowest BCUT2D eigenvalue weighted by molar-refractivity contribution is -0.114. The van der Waals surface area contributed by atoms with Gasteiger partial charge in [0.25, 0.3) is 10.0 Å². The number of carbonyl (C=O) groups is 1. The maximum atomic E-state index is 12.6. The third kappa shape index (κ3) is 4.87. The second-order valence-corrected chi connectivity index (χ2v) is 6.79. The van der Waals surface area contributed by atoms with E-state index in [-0.39, 0.29) is 10.8 Å². The zero-order valence-electron chi connectivity index (χ0n) is 14.2. The summed E-state index contributed by atoms with van der Waals surface area (Å²) >= 11 is 0. The molecule has 0 saturated heterocycles. The highest BCUT2D eigenvalue weighted by molar-refractivity contribution is 7.92. The molecule has 0 aliphatic heterocycles. The highest BCUT2D eigenvalue weighted by atomic mass is 32.2. The first-order chi connectivity index (χ1) is 11.9. The number of methoxy groups -OCH3 is 1. The van der Waals surface area contributed by atoms with Crippen LogP contribution in [0.5, 0.6) is 11.5 Å².